The van der Waals surface area contributed by atoms with Crippen molar-refractivity contribution in [1.29, 1.82) is 0 Å². The van der Waals surface area contributed by atoms with E-state index in [2.05, 4.69) is 9.97 Å². The van der Waals surface area contributed by atoms with E-state index in [-0.39, 0.29) is 5.75 Å². The van der Waals surface area contributed by atoms with Gasteiger partial charge in [0.15, 0.2) is 0 Å². The van der Waals surface area contributed by atoms with Crippen LogP contribution in [0.15, 0.2) is 30.6 Å². The molecule has 0 aliphatic rings. The molecule has 0 bridgehead atoms. The Hall–Kier alpha value is -1.90. The number of aromatic amines is 2. The largest absolute Gasteiger partial charge is 0.506 e. The Bertz CT molecular complexity index is 577. The van der Waals surface area contributed by atoms with Gasteiger partial charge in [0, 0.05) is 34.7 Å². The summed E-state index contributed by atoms with van der Waals surface area (Å²) in [7, 11) is 0. The molecule has 13 heavy (non-hydrogen) atoms. The Kier molecular flexibility index (Phi) is 1.05. The number of aromatic hydroxyl groups is 1. The highest BCUT2D eigenvalue weighted by atomic mass is 16.3. The second-order valence-corrected chi connectivity index (χ2v) is 3.10. The second-order valence-electron chi connectivity index (χ2n) is 3.10. The summed E-state index contributed by atoms with van der Waals surface area (Å²) in [6.07, 6.45) is 3.70. The molecule has 3 heteroatoms. The van der Waals surface area contributed by atoms with Crippen LogP contribution >= 0.6 is 0 Å². The number of rotatable bonds is 0. The third-order valence-corrected chi connectivity index (χ3v) is 2.35. The summed E-state index contributed by atoms with van der Waals surface area (Å²) in [4.78, 5) is 6.07. The lowest BCUT2D eigenvalue weighted by molar-refractivity contribution is 0.481. The fraction of sp³-hybridized carbons (Fsp3) is 0. The number of hydrogen-bond donors (Lipinski definition) is 3. The second kappa shape index (κ2) is 2.07. The van der Waals surface area contributed by atoms with Crippen LogP contribution in [-0.2, 0) is 0 Å². The van der Waals surface area contributed by atoms with E-state index >= 15 is 0 Å². The molecule has 2 aromatic heterocycles. The molecule has 0 aliphatic carbocycles. The molecule has 3 aromatic rings. The Morgan fingerprint density at radius 1 is 1.00 bits per heavy atom. The maximum Gasteiger partial charge on any atom is 0.141 e. The number of hydrogen-bond acceptors (Lipinski definition) is 1. The molecule has 2 heterocycles. The monoisotopic (exact) mass is 172 g/mol. The third kappa shape index (κ3) is 0.731. The van der Waals surface area contributed by atoms with Crippen LogP contribution in [0.25, 0.3) is 21.8 Å². The third-order valence-electron chi connectivity index (χ3n) is 2.35. The molecule has 0 spiro atoms. The summed E-state index contributed by atoms with van der Waals surface area (Å²) >= 11 is 0. The number of phenolic OH excluding ortho intramolecular Hbond substituents is 1. The van der Waals surface area contributed by atoms with E-state index in [1.54, 1.807) is 6.07 Å². The number of phenols is 1. The summed E-state index contributed by atoms with van der Waals surface area (Å²) in [5.74, 6) is 0.287. The summed E-state index contributed by atoms with van der Waals surface area (Å²) in [6.45, 7) is 0. The zero-order chi connectivity index (χ0) is 8.84. The lowest BCUT2D eigenvalue weighted by Crippen LogP contribution is -1.72. The fourth-order valence-electron chi connectivity index (χ4n) is 1.75. The van der Waals surface area contributed by atoms with E-state index in [9.17, 15) is 5.11 Å². The van der Waals surface area contributed by atoms with Crippen molar-refractivity contribution in [2.75, 3.05) is 0 Å². The first-order chi connectivity index (χ1) is 6.36. The van der Waals surface area contributed by atoms with Gasteiger partial charge < -0.3 is 15.1 Å². The van der Waals surface area contributed by atoms with Crippen LogP contribution in [-0.4, -0.2) is 15.1 Å². The number of fused-ring (bicyclic) bond motifs is 3. The van der Waals surface area contributed by atoms with Gasteiger partial charge in [-0.05, 0) is 12.1 Å². The Morgan fingerprint density at radius 3 is 2.69 bits per heavy atom. The van der Waals surface area contributed by atoms with Crippen molar-refractivity contribution < 1.29 is 5.11 Å². The van der Waals surface area contributed by atoms with Crippen molar-refractivity contribution >= 4 is 21.8 Å². The molecule has 0 atom stereocenters. The van der Waals surface area contributed by atoms with Crippen molar-refractivity contribution in [3.05, 3.63) is 30.6 Å². The average Bonchev–Trinajstić information content (AvgIpc) is 2.66. The van der Waals surface area contributed by atoms with Crippen LogP contribution in [0.4, 0.5) is 0 Å². The maximum absolute atomic E-state index is 9.63. The van der Waals surface area contributed by atoms with Crippen molar-refractivity contribution in [3.8, 4) is 5.75 Å². The predicted octanol–water partition coefficient (Wildman–Crippen LogP) is 2.35. The lowest BCUT2D eigenvalue weighted by atomic mass is 10.1. The topological polar surface area (TPSA) is 51.8 Å². The molecular formula is C10H8N2O. The molecule has 0 aliphatic heterocycles. The van der Waals surface area contributed by atoms with Gasteiger partial charge in [-0.15, -0.1) is 0 Å². The number of H-pyrrole nitrogens is 2. The zero-order valence-electron chi connectivity index (χ0n) is 6.83. The smallest absolute Gasteiger partial charge is 0.141 e. The molecule has 0 unspecified atom stereocenters. The van der Waals surface area contributed by atoms with Gasteiger partial charge in [0.2, 0.25) is 0 Å². The van der Waals surface area contributed by atoms with E-state index in [1.807, 2.05) is 24.5 Å². The van der Waals surface area contributed by atoms with Crippen LogP contribution in [0.3, 0.4) is 0 Å². The van der Waals surface area contributed by atoms with Gasteiger partial charge >= 0.3 is 0 Å². The molecule has 3 rings (SSSR count). The van der Waals surface area contributed by atoms with Crippen LogP contribution in [0.5, 0.6) is 5.75 Å². The Labute approximate surface area is 74.0 Å². The molecule has 0 fully saturated rings. The first-order valence-electron chi connectivity index (χ1n) is 4.12. The highest BCUT2D eigenvalue weighted by molar-refractivity contribution is 6.07. The van der Waals surface area contributed by atoms with Crippen LogP contribution in [0.1, 0.15) is 0 Å². The van der Waals surface area contributed by atoms with E-state index in [0.29, 0.717) is 0 Å². The highest BCUT2D eigenvalue weighted by Crippen LogP contribution is 2.30. The predicted molar refractivity (Wildman–Crippen MR) is 51.8 cm³/mol. The van der Waals surface area contributed by atoms with Crippen molar-refractivity contribution in [3.63, 3.8) is 0 Å². The normalized spacial score (nSPS) is 11.4. The lowest BCUT2D eigenvalue weighted by Gasteiger charge is -1.96. The number of aromatic nitrogens is 2. The molecule has 0 saturated carbocycles. The minimum atomic E-state index is 0.287. The number of benzene rings is 1. The van der Waals surface area contributed by atoms with Gasteiger partial charge in [-0.3, -0.25) is 0 Å². The van der Waals surface area contributed by atoms with Crippen LogP contribution < -0.4 is 0 Å². The Morgan fingerprint density at radius 2 is 1.77 bits per heavy atom. The van der Waals surface area contributed by atoms with E-state index < -0.39 is 0 Å². The van der Waals surface area contributed by atoms with Crippen molar-refractivity contribution in [2.24, 2.45) is 0 Å². The molecule has 0 amide bonds. The molecule has 64 valence electrons. The van der Waals surface area contributed by atoms with E-state index in [4.69, 9.17) is 0 Å². The van der Waals surface area contributed by atoms with E-state index in [1.165, 1.54) is 0 Å². The molecule has 0 radical (unpaired) electrons. The van der Waals surface area contributed by atoms with Crippen LogP contribution in [0, 0.1) is 0 Å². The first kappa shape index (κ1) is 6.60. The molecule has 0 saturated heterocycles. The minimum Gasteiger partial charge on any atom is -0.506 e. The first-order valence-corrected chi connectivity index (χ1v) is 4.12. The maximum atomic E-state index is 9.63. The van der Waals surface area contributed by atoms with Crippen molar-refractivity contribution in [2.45, 2.75) is 0 Å². The zero-order valence-corrected chi connectivity index (χ0v) is 6.83. The van der Waals surface area contributed by atoms with Gasteiger partial charge in [-0.25, -0.2) is 0 Å². The molecular weight excluding hydrogens is 164 g/mol. The summed E-state index contributed by atoms with van der Waals surface area (Å²) in [5, 5.41) is 11.8. The minimum absolute atomic E-state index is 0.287. The van der Waals surface area contributed by atoms with Gasteiger partial charge in [-0.1, -0.05) is 0 Å². The fourth-order valence-corrected chi connectivity index (χ4v) is 1.75. The SMILES string of the molecule is Oc1cc2[nH]ccc2c2cc[nH]c12. The standard InChI is InChI=1S/C10H8N2O/c13-9-5-8-6(1-3-11-8)7-2-4-12-10(7)9/h1-5,11-13H. The molecule has 3 N–H and O–H groups in total. The molecule has 3 nitrogen and oxygen atoms in total. The van der Waals surface area contributed by atoms with Crippen molar-refractivity contribution in [1.82, 2.24) is 9.97 Å². The highest BCUT2D eigenvalue weighted by Gasteiger charge is 2.06. The van der Waals surface area contributed by atoms with Gasteiger partial charge in [-0.2, -0.15) is 0 Å². The number of nitrogens with one attached hydrogen (secondary N) is 2. The Balaban J connectivity index is 2.70. The summed E-state index contributed by atoms with van der Waals surface area (Å²) in [5.41, 5.74) is 1.76. The van der Waals surface area contributed by atoms with E-state index in [0.717, 1.165) is 21.8 Å². The van der Waals surface area contributed by atoms with Gasteiger partial charge in [0.1, 0.15) is 5.75 Å². The van der Waals surface area contributed by atoms with Gasteiger partial charge in [0.05, 0.1) is 5.52 Å². The summed E-state index contributed by atoms with van der Waals surface area (Å²) < 4.78 is 0. The average molecular weight is 172 g/mol. The van der Waals surface area contributed by atoms with Crippen LogP contribution in [0.2, 0.25) is 0 Å². The quantitative estimate of drug-likeness (QED) is 0.479. The molecule has 1 aromatic carbocycles. The summed E-state index contributed by atoms with van der Waals surface area (Å²) in [6, 6.07) is 5.70. The van der Waals surface area contributed by atoms with Gasteiger partial charge in [0.25, 0.3) is 0 Å².